The third-order valence-electron chi connectivity index (χ3n) is 13.8. The van der Waals surface area contributed by atoms with Crippen molar-refractivity contribution in [3.63, 3.8) is 0 Å². The van der Waals surface area contributed by atoms with E-state index < -0.39 is 30.8 Å². The van der Waals surface area contributed by atoms with E-state index >= 15 is 0 Å². The molecule has 1 N–H and O–H groups in total. The molecule has 52 heavy (non-hydrogen) atoms. The van der Waals surface area contributed by atoms with Crippen molar-refractivity contribution in [2.45, 2.75) is 194 Å². The predicted molar refractivity (Wildman–Crippen MR) is 183 cm³/mol. The summed E-state index contributed by atoms with van der Waals surface area (Å²) in [6.07, 6.45) is 3.19. The molecule has 0 radical (unpaired) electrons. The van der Waals surface area contributed by atoms with Crippen LogP contribution >= 0.6 is 0 Å². The van der Waals surface area contributed by atoms with Gasteiger partial charge in [-0.25, -0.2) is 4.39 Å². The third-order valence-corrected chi connectivity index (χ3v) is 13.8. The molecular formula is C40H57FO11. The van der Waals surface area contributed by atoms with Crippen LogP contribution in [-0.2, 0) is 47.4 Å². The molecule has 0 amide bonds. The average Bonchev–Trinajstić information content (AvgIpc) is 3.80. The second-order valence-corrected chi connectivity index (χ2v) is 17.4. The minimum absolute atomic E-state index is 0.00805. The number of halogens is 1. The van der Waals surface area contributed by atoms with E-state index in [9.17, 15) is 14.3 Å². The highest BCUT2D eigenvalue weighted by Gasteiger charge is 2.69. The molecule has 12 bridgehead atoms. The van der Waals surface area contributed by atoms with E-state index in [0.717, 1.165) is 49.7 Å². The monoisotopic (exact) mass is 732 g/mol. The smallest absolute Gasteiger partial charge is 0.172 e. The molecule has 1 spiro atoms. The number of Topliss-reactive ketones (excluding diaryl/α,β-unsaturated/α-hetero) is 1. The van der Waals surface area contributed by atoms with Gasteiger partial charge in [-0.1, -0.05) is 20.1 Å². The Morgan fingerprint density at radius 2 is 1.58 bits per heavy atom. The molecule has 10 saturated heterocycles. The lowest BCUT2D eigenvalue weighted by Gasteiger charge is -2.47. The molecule has 0 aromatic heterocycles. The van der Waals surface area contributed by atoms with Gasteiger partial charge in [0.25, 0.3) is 0 Å². The highest BCUT2D eigenvalue weighted by molar-refractivity contribution is 5.79. The molecule has 10 aliphatic rings. The summed E-state index contributed by atoms with van der Waals surface area (Å²) in [5, 5.41) is 10.3. The Morgan fingerprint density at radius 1 is 0.788 bits per heavy atom. The minimum atomic E-state index is -1.17. The van der Waals surface area contributed by atoms with Crippen molar-refractivity contribution in [3.8, 4) is 0 Å². The van der Waals surface area contributed by atoms with Gasteiger partial charge in [0, 0.05) is 51.6 Å². The summed E-state index contributed by atoms with van der Waals surface area (Å²) < 4.78 is 73.3. The zero-order valence-electron chi connectivity index (χ0n) is 30.6. The van der Waals surface area contributed by atoms with Crippen LogP contribution in [0.3, 0.4) is 0 Å². The summed E-state index contributed by atoms with van der Waals surface area (Å²) in [5.41, 5.74) is 2.13. The van der Waals surface area contributed by atoms with Crippen molar-refractivity contribution in [1.29, 1.82) is 0 Å². The van der Waals surface area contributed by atoms with Crippen LogP contribution in [0.25, 0.3) is 0 Å². The van der Waals surface area contributed by atoms with Crippen molar-refractivity contribution >= 4 is 5.78 Å². The van der Waals surface area contributed by atoms with Crippen LogP contribution in [0.1, 0.15) is 90.4 Å². The van der Waals surface area contributed by atoms with E-state index in [1.165, 1.54) is 0 Å². The number of hydrogen-bond acceptors (Lipinski definition) is 11. The Labute approximate surface area is 306 Å². The molecule has 12 heteroatoms. The lowest BCUT2D eigenvalue weighted by atomic mass is 9.83. The maximum Gasteiger partial charge on any atom is 0.172 e. The molecule has 19 atom stereocenters. The first-order valence-corrected chi connectivity index (χ1v) is 20.0. The normalized spacial score (nSPS) is 52.4. The number of alkyl halides is 1. The lowest BCUT2D eigenvalue weighted by Crippen LogP contribution is -2.61. The molecule has 0 saturated carbocycles. The molecule has 10 aliphatic heterocycles. The zero-order valence-corrected chi connectivity index (χ0v) is 30.6. The number of hydrogen-bond donors (Lipinski definition) is 1. The minimum Gasteiger partial charge on any atom is -0.390 e. The quantitative estimate of drug-likeness (QED) is 0.413. The standard InChI is InChI=1S/C40H57FO11/c1-19-5-6-24-7-9-27-20(2)11-29(47-27)21(3)16-40-17-33-36(51-40)37-38(50-33)39(52-40)35-28(49-37)10-8-25(46-35)12-22(42)13-26-31(15-30(19)45-24)48-32(34(26)44-4)14-23(43)18-41/h21,23-39,43H,1-2,5-18H2,3-4H3/t21-,23?,24+,25?,26?,27?,28?,29?,30?,31?,32?,33?,34+,35-,36?,37-,38?,39?,40-/m0/s1. The third kappa shape index (κ3) is 6.58. The van der Waals surface area contributed by atoms with E-state index in [1.807, 2.05) is 0 Å². The van der Waals surface area contributed by atoms with Crippen LogP contribution in [0.2, 0.25) is 0 Å². The van der Waals surface area contributed by atoms with Gasteiger partial charge in [0.15, 0.2) is 5.79 Å². The number of carbonyl (C=O) groups is 1. The summed E-state index contributed by atoms with van der Waals surface area (Å²) in [7, 11) is 1.60. The Bertz CT molecular complexity index is 1380. The molecule has 290 valence electrons. The first kappa shape index (κ1) is 36.3. The van der Waals surface area contributed by atoms with Gasteiger partial charge in [-0.15, -0.1) is 0 Å². The highest BCUT2D eigenvalue weighted by Crippen LogP contribution is 2.55. The number of ketones is 1. The molecule has 13 unspecified atom stereocenters. The van der Waals surface area contributed by atoms with E-state index in [-0.39, 0.29) is 116 Å². The first-order valence-electron chi connectivity index (χ1n) is 20.0. The molecule has 10 rings (SSSR count). The van der Waals surface area contributed by atoms with Crippen molar-refractivity contribution in [1.82, 2.24) is 0 Å². The number of rotatable bonds is 4. The number of fused-ring (bicyclic) bond motifs is 6. The summed E-state index contributed by atoms with van der Waals surface area (Å²) in [6, 6.07) is 0. The van der Waals surface area contributed by atoms with Gasteiger partial charge >= 0.3 is 0 Å². The maximum atomic E-state index is 14.0. The Hall–Kier alpha value is -1.32. The van der Waals surface area contributed by atoms with E-state index in [2.05, 4.69) is 20.1 Å². The van der Waals surface area contributed by atoms with Crippen molar-refractivity contribution in [2.75, 3.05) is 13.8 Å². The van der Waals surface area contributed by atoms with Crippen LogP contribution in [-0.4, -0.2) is 128 Å². The van der Waals surface area contributed by atoms with Gasteiger partial charge in [0.05, 0.1) is 67.1 Å². The summed E-state index contributed by atoms with van der Waals surface area (Å²) in [5.74, 6) is -0.906. The van der Waals surface area contributed by atoms with E-state index in [4.69, 9.17) is 42.6 Å². The second-order valence-electron chi connectivity index (χ2n) is 17.4. The number of methoxy groups -OCH3 is 1. The number of carbonyl (C=O) groups excluding carboxylic acids is 1. The van der Waals surface area contributed by atoms with Gasteiger partial charge in [-0.3, -0.25) is 4.79 Å². The topological polar surface area (TPSA) is 120 Å². The van der Waals surface area contributed by atoms with Gasteiger partial charge in [0.1, 0.15) is 43.0 Å². The lowest BCUT2D eigenvalue weighted by molar-refractivity contribution is -0.295. The van der Waals surface area contributed by atoms with Crippen LogP contribution in [0.5, 0.6) is 0 Å². The molecule has 0 aliphatic carbocycles. The Morgan fingerprint density at radius 3 is 2.40 bits per heavy atom. The second kappa shape index (κ2) is 14.3. The Kier molecular flexibility index (Phi) is 10.0. The van der Waals surface area contributed by atoms with Crippen LogP contribution in [0.15, 0.2) is 24.3 Å². The van der Waals surface area contributed by atoms with Gasteiger partial charge in [-0.05, 0) is 62.0 Å². The molecule has 11 nitrogen and oxygen atoms in total. The molecule has 10 heterocycles. The number of ether oxygens (including phenoxy) is 9. The summed E-state index contributed by atoms with van der Waals surface area (Å²) in [4.78, 5) is 14.0. The number of aliphatic hydroxyl groups excluding tert-OH is 1. The van der Waals surface area contributed by atoms with Crippen LogP contribution < -0.4 is 0 Å². The van der Waals surface area contributed by atoms with Crippen molar-refractivity contribution in [2.24, 2.45) is 11.8 Å². The largest absolute Gasteiger partial charge is 0.390 e. The van der Waals surface area contributed by atoms with E-state index in [1.54, 1.807) is 7.11 Å². The van der Waals surface area contributed by atoms with Crippen LogP contribution in [0.4, 0.5) is 4.39 Å². The maximum absolute atomic E-state index is 14.0. The Balaban J connectivity index is 0.996. The van der Waals surface area contributed by atoms with Gasteiger partial charge in [0.2, 0.25) is 0 Å². The van der Waals surface area contributed by atoms with Gasteiger partial charge in [-0.2, -0.15) is 0 Å². The van der Waals surface area contributed by atoms with Crippen LogP contribution in [0, 0.1) is 11.8 Å². The highest BCUT2D eigenvalue weighted by atomic mass is 19.1. The SMILES string of the molecule is C=C1CC2OC1CC[C@H]1CCC(=C)C(CC3OC(CC(O)CF)[C@H](OC)C3CC(=O)CC3CCC4O[C@H]5C6O[C@@]7(CC6OC5C(O7)[C@H]4O3)C[C@@H]2C)O1. The van der Waals surface area contributed by atoms with Crippen molar-refractivity contribution in [3.05, 3.63) is 24.3 Å². The van der Waals surface area contributed by atoms with Gasteiger partial charge < -0.3 is 47.7 Å². The number of aliphatic hydroxyl groups is 1. The molecule has 0 aromatic carbocycles. The molecule has 0 aromatic rings. The fourth-order valence-corrected chi connectivity index (χ4v) is 11.3. The molecular weight excluding hydrogens is 675 g/mol. The average molecular weight is 733 g/mol. The zero-order chi connectivity index (χ0) is 35.9. The van der Waals surface area contributed by atoms with Crippen molar-refractivity contribution < 1.29 is 56.9 Å². The summed E-state index contributed by atoms with van der Waals surface area (Å²) >= 11 is 0. The first-order chi connectivity index (χ1) is 25.1. The van der Waals surface area contributed by atoms with E-state index in [0.29, 0.717) is 25.7 Å². The fraction of sp³-hybridized carbons (Fsp3) is 0.875. The predicted octanol–water partition coefficient (Wildman–Crippen LogP) is 4.45. The molecule has 10 fully saturated rings. The summed E-state index contributed by atoms with van der Waals surface area (Å²) in [6.45, 7) is 10.2. The fourth-order valence-electron chi connectivity index (χ4n) is 11.3.